The van der Waals surface area contributed by atoms with Crippen LogP contribution in [-0.4, -0.2) is 23.3 Å². The van der Waals surface area contributed by atoms with E-state index in [1.54, 1.807) is 18.2 Å². The van der Waals surface area contributed by atoms with Crippen molar-refractivity contribution < 1.29 is 17.9 Å². The molecular formula is C15H11ClN2O4S. The van der Waals surface area contributed by atoms with Gasteiger partial charge in [-0.25, -0.2) is 17.4 Å². The highest BCUT2D eigenvalue weighted by Gasteiger charge is 2.25. The second-order valence-corrected chi connectivity index (χ2v) is 6.87. The Hall–Kier alpha value is -2.38. The molecule has 0 atom stereocenters. The zero-order valence-corrected chi connectivity index (χ0v) is 13.5. The molecule has 23 heavy (non-hydrogen) atoms. The standard InChI is InChI=1S/C15H11ClN2O4S/c1-10(19)22-15-9-12-13(7-8-14(16)17-12)18(15)23(20,21)11-5-3-2-4-6-11/h2-9H,1H3. The SMILES string of the molecule is CC(=O)Oc1cc2nc(Cl)ccc2n1S(=O)(=O)c1ccccc1. The van der Waals surface area contributed by atoms with Gasteiger partial charge in [-0.2, -0.15) is 0 Å². The summed E-state index contributed by atoms with van der Waals surface area (Å²) in [6, 6.07) is 12.2. The lowest BCUT2D eigenvalue weighted by molar-refractivity contribution is -0.132. The molecule has 0 bridgehead atoms. The molecule has 0 unspecified atom stereocenters. The normalized spacial score (nSPS) is 11.6. The van der Waals surface area contributed by atoms with E-state index in [2.05, 4.69) is 4.98 Å². The fourth-order valence-corrected chi connectivity index (χ4v) is 3.79. The summed E-state index contributed by atoms with van der Waals surface area (Å²) in [7, 11) is -3.96. The number of esters is 1. The van der Waals surface area contributed by atoms with Gasteiger partial charge in [0.15, 0.2) is 0 Å². The number of halogens is 1. The van der Waals surface area contributed by atoms with Gasteiger partial charge in [0.05, 0.1) is 15.9 Å². The maximum absolute atomic E-state index is 12.9. The fraction of sp³-hybridized carbons (Fsp3) is 0.0667. The van der Waals surface area contributed by atoms with E-state index in [1.165, 1.54) is 37.3 Å². The van der Waals surface area contributed by atoms with E-state index in [0.717, 1.165) is 3.97 Å². The zero-order chi connectivity index (χ0) is 16.6. The lowest BCUT2D eigenvalue weighted by Gasteiger charge is -2.10. The average Bonchev–Trinajstić information content (AvgIpc) is 2.84. The zero-order valence-electron chi connectivity index (χ0n) is 11.9. The van der Waals surface area contributed by atoms with Gasteiger partial charge in [0.1, 0.15) is 5.15 Å². The van der Waals surface area contributed by atoms with Gasteiger partial charge in [-0.1, -0.05) is 29.8 Å². The van der Waals surface area contributed by atoms with Crippen LogP contribution >= 0.6 is 11.6 Å². The van der Waals surface area contributed by atoms with Gasteiger partial charge in [-0.3, -0.25) is 4.79 Å². The number of carbonyl (C=O) groups excluding carboxylic acids is 1. The van der Waals surface area contributed by atoms with Crippen LogP contribution in [0.1, 0.15) is 6.92 Å². The summed E-state index contributed by atoms with van der Waals surface area (Å²) in [5, 5.41) is 0.209. The van der Waals surface area contributed by atoms with E-state index < -0.39 is 16.0 Å². The number of benzene rings is 1. The highest BCUT2D eigenvalue weighted by Crippen LogP contribution is 2.30. The van der Waals surface area contributed by atoms with E-state index in [1.807, 2.05) is 0 Å². The van der Waals surface area contributed by atoms with E-state index in [-0.39, 0.29) is 21.4 Å². The second kappa shape index (κ2) is 5.68. The predicted molar refractivity (Wildman–Crippen MR) is 85.1 cm³/mol. The maximum atomic E-state index is 12.9. The Morgan fingerprint density at radius 1 is 1.17 bits per heavy atom. The van der Waals surface area contributed by atoms with Crippen LogP contribution in [0.25, 0.3) is 11.0 Å². The van der Waals surface area contributed by atoms with Crippen LogP contribution in [0.15, 0.2) is 53.4 Å². The first-order chi connectivity index (χ1) is 10.9. The molecule has 2 heterocycles. The summed E-state index contributed by atoms with van der Waals surface area (Å²) in [5.74, 6) is -0.769. The molecule has 0 N–H and O–H groups in total. The number of ether oxygens (including phenoxy) is 1. The number of nitrogens with zero attached hydrogens (tertiary/aromatic N) is 2. The minimum absolute atomic E-state index is 0.0702. The molecule has 8 heteroatoms. The molecule has 0 amide bonds. The van der Waals surface area contributed by atoms with Crippen LogP contribution < -0.4 is 4.74 Å². The molecule has 0 aliphatic heterocycles. The maximum Gasteiger partial charge on any atom is 0.309 e. The molecule has 0 saturated heterocycles. The molecule has 0 saturated carbocycles. The fourth-order valence-electron chi connectivity index (χ4n) is 2.18. The number of pyridine rings is 1. The molecule has 3 rings (SSSR count). The number of hydrogen-bond acceptors (Lipinski definition) is 5. The Labute approximate surface area is 137 Å². The van der Waals surface area contributed by atoms with Crippen LogP contribution in [-0.2, 0) is 14.8 Å². The van der Waals surface area contributed by atoms with Crippen molar-refractivity contribution in [1.82, 2.24) is 8.96 Å². The van der Waals surface area contributed by atoms with Crippen LogP contribution in [0.2, 0.25) is 5.15 Å². The highest BCUT2D eigenvalue weighted by atomic mass is 35.5. The molecule has 3 aromatic rings. The summed E-state index contributed by atoms with van der Waals surface area (Å²) < 4.78 is 31.8. The molecule has 0 aliphatic carbocycles. The molecule has 1 aromatic carbocycles. The Bertz CT molecular complexity index is 997. The van der Waals surface area contributed by atoms with Gasteiger partial charge < -0.3 is 4.74 Å². The number of fused-ring (bicyclic) bond motifs is 1. The summed E-state index contributed by atoms with van der Waals surface area (Å²) in [6.07, 6.45) is 0. The van der Waals surface area contributed by atoms with Gasteiger partial charge >= 0.3 is 5.97 Å². The van der Waals surface area contributed by atoms with Gasteiger partial charge in [0.25, 0.3) is 10.0 Å². The van der Waals surface area contributed by atoms with Crippen molar-refractivity contribution in [3.05, 3.63) is 53.7 Å². The summed E-state index contributed by atoms with van der Waals surface area (Å²) >= 11 is 5.84. The van der Waals surface area contributed by atoms with Crippen molar-refractivity contribution in [2.75, 3.05) is 0 Å². The lowest BCUT2D eigenvalue weighted by atomic mass is 10.4. The Kier molecular flexibility index (Phi) is 3.83. The van der Waals surface area contributed by atoms with Crippen LogP contribution in [0.4, 0.5) is 0 Å². The van der Waals surface area contributed by atoms with Gasteiger partial charge in [0.2, 0.25) is 5.88 Å². The first-order valence-electron chi connectivity index (χ1n) is 6.56. The van der Waals surface area contributed by atoms with E-state index in [0.29, 0.717) is 5.52 Å². The number of carbonyl (C=O) groups is 1. The predicted octanol–water partition coefficient (Wildman–Crippen LogP) is 2.85. The van der Waals surface area contributed by atoms with Crippen molar-refractivity contribution in [2.45, 2.75) is 11.8 Å². The van der Waals surface area contributed by atoms with E-state index in [9.17, 15) is 13.2 Å². The first kappa shape index (κ1) is 15.5. The third kappa shape index (κ3) is 2.80. The van der Waals surface area contributed by atoms with Crippen molar-refractivity contribution in [1.29, 1.82) is 0 Å². The van der Waals surface area contributed by atoms with Gasteiger partial charge in [-0.05, 0) is 24.3 Å². The summed E-state index contributed by atoms with van der Waals surface area (Å²) in [4.78, 5) is 15.4. The molecule has 2 aromatic heterocycles. The molecular weight excluding hydrogens is 340 g/mol. The van der Waals surface area contributed by atoms with Crippen LogP contribution in [0.5, 0.6) is 5.88 Å². The third-order valence-electron chi connectivity index (χ3n) is 3.08. The van der Waals surface area contributed by atoms with Crippen molar-refractivity contribution in [2.24, 2.45) is 0 Å². The number of rotatable bonds is 3. The first-order valence-corrected chi connectivity index (χ1v) is 8.38. The van der Waals surface area contributed by atoms with E-state index in [4.69, 9.17) is 16.3 Å². The van der Waals surface area contributed by atoms with Crippen molar-refractivity contribution in [3.63, 3.8) is 0 Å². The minimum Gasteiger partial charge on any atom is -0.408 e. The minimum atomic E-state index is -3.96. The second-order valence-electron chi connectivity index (χ2n) is 4.70. The Morgan fingerprint density at radius 2 is 1.87 bits per heavy atom. The number of aromatic nitrogens is 2. The quantitative estimate of drug-likeness (QED) is 0.536. The monoisotopic (exact) mass is 350 g/mol. The molecule has 6 nitrogen and oxygen atoms in total. The van der Waals surface area contributed by atoms with Crippen molar-refractivity contribution in [3.8, 4) is 5.88 Å². The molecule has 0 spiro atoms. The smallest absolute Gasteiger partial charge is 0.309 e. The molecule has 0 radical (unpaired) electrons. The van der Waals surface area contributed by atoms with Gasteiger partial charge in [0, 0.05) is 13.0 Å². The molecule has 0 fully saturated rings. The summed E-state index contributed by atoms with van der Waals surface area (Å²) in [6.45, 7) is 1.19. The van der Waals surface area contributed by atoms with E-state index >= 15 is 0 Å². The average molecular weight is 351 g/mol. The van der Waals surface area contributed by atoms with Crippen LogP contribution in [0.3, 0.4) is 0 Å². The molecule has 118 valence electrons. The Balaban J connectivity index is 2.32. The van der Waals surface area contributed by atoms with Crippen LogP contribution in [0, 0.1) is 0 Å². The topological polar surface area (TPSA) is 78.3 Å². The van der Waals surface area contributed by atoms with Gasteiger partial charge in [-0.15, -0.1) is 0 Å². The molecule has 0 aliphatic rings. The lowest BCUT2D eigenvalue weighted by Crippen LogP contribution is -2.16. The summed E-state index contributed by atoms with van der Waals surface area (Å²) in [5.41, 5.74) is 0.586. The number of hydrogen-bond donors (Lipinski definition) is 0. The Morgan fingerprint density at radius 3 is 2.52 bits per heavy atom. The highest BCUT2D eigenvalue weighted by molar-refractivity contribution is 7.90. The largest absolute Gasteiger partial charge is 0.408 e. The third-order valence-corrected chi connectivity index (χ3v) is 5.01. The van der Waals surface area contributed by atoms with Crippen molar-refractivity contribution >= 4 is 38.6 Å².